The number of aryl methyl sites for hydroxylation is 1. The van der Waals surface area contributed by atoms with Crippen LogP contribution >= 0.6 is 0 Å². The van der Waals surface area contributed by atoms with Crippen LogP contribution in [0, 0.1) is 0 Å². The highest BCUT2D eigenvalue weighted by atomic mass is 16.2. The summed E-state index contributed by atoms with van der Waals surface area (Å²) in [5, 5.41) is 12.8. The number of aromatic nitrogens is 5. The lowest BCUT2D eigenvalue weighted by Gasteiger charge is -2.16. The van der Waals surface area contributed by atoms with Crippen LogP contribution in [0.5, 0.6) is 0 Å². The van der Waals surface area contributed by atoms with E-state index < -0.39 is 5.92 Å². The summed E-state index contributed by atoms with van der Waals surface area (Å²) in [4.78, 5) is 29.5. The van der Waals surface area contributed by atoms with E-state index >= 15 is 0 Å². The highest BCUT2D eigenvalue weighted by Gasteiger charge is 2.21. The zero-order chi connectivity index (χ0) is 21.1. The first-order chi connectivity index (χ1) is 14.6. The van der Waals surface area contributed by atoms with Crippen LogP contribution in [0.4, 0.5) is 5.69 Å². The summed E-state index contributed by atoms with van der Waals surface area (Å²) in [5.74, 6) is -0.723. The molecule has 1 amide bonds. The molecule has 1 N–H and O–H groups in total. The van der Waals surface area contributed by atoms with Gasteiger partial charge in [0, 0.05) is 17.6 Å². The van der Waals surface area contributed by atoms with Gasteiger partial charge in [-0.1, -0.05) is 30.3 Å². The molecule has 0 aliphatic rings. The minimum Gasteiger partial charge on any atom is -0.326 e. The minimum absolute atomic E-state index is 0.148. The van der Waals surface area contributed by atoms with Crippen LogP contribution in [0.2, 0.25) is 0 Å². The van der Waals surface area contributed by atoms with Crippen molar-refractivity contribution in [2.75, 3.05) is 5.32 Å². The van der Waals surface area contributed by atoms with Crippen LogP contribution in [0.15, 0.2) is 66.0 Å². The van der Waals surface area contributed by atoms with Gasteiger partial charge in [0.2, 0.25) is 5.91 Å². The number of hydrogen-bond acceptors (Lipinski definition) is 5. The standard InChI is InChI=1S/C22H22N6O2/c1-3-28-22(30)19-10-5-4-9-18(19)20(26-28)15(2)21(29)25-17-8-6-7-16(11-17)12-27-14-23-13-24-27/h4-11,13-15H,3,12H2,1-2H3,(H,25,29)/t15-/m1/s1. The quantitative estimate of drug-likeness (QED) is 0.535. The van der Waals surface area contributed by atoms with Gasteiger partial charge in [-0.3, -0.25) is 9.59 Å². The molecule has 0 radical (unpaired) electrons. The Morgan fingerprint density at radius 3 is 2.67 bits per heavy atom. The van der Waals surface area contributed by atoms with E-state index in [4.69, 9.17) is 0 Å². The van der Waals surface area contributed by atoms with Crippen molar-refractivity contribution >= 4 is 22.4 Å². The van der Waals surface area contributed by atoms with Gasteiger partial charge in [-0.05, 0) is 37.6 Å². The maximum Gasteiger partial charge on any atom is 0.274 e. The highest BCUT2D eigenvalue weighted by molar-refractivity contribution is 5.98. The number of nitrogens with zero attached hydrogens (tertiary/aromatic N) is 5. The number of anilines is 1. The monoisotopic (exact) mass is 402 g/mol. The average molecular weight is 402 g/mol. The fourth-order valence-corrected chi connectivity index (χ4v) is 3.42. The molecule has 0 bridgehead atoms. The largest absolute Gasteiger partial charge is 0.326 e. The minimum atomic E-state index is -0.535. The fraction of sp³-hybridized carbons (Fsp3) is 0.227. The van der Waals surface area contributed by atoms with E-state index in [1.807, 2.05) is 49.4 Å². The smallest absolute Gasteiger partial charge is 0.274 e. The summed E-state index contributed by atoms with van der Waals surface area (Å²) < 4.78 is 3.12. The summed E-state index contributed by atoms with van der Waals surface area (Å²) in [5.41, 5.74) is 2.13. The number of hydrogen-bond donors (Lipinski definition) is 1. The van der Waals surface area contributed by atoms with Gasteiger partial charge in [0.25, 0.3) is 5.56 Å². The number of benzene rings is 2. The van der Waals surface area contributed by atoms with Crippen LogP contribution in [-0.4, -0.2) is 30.5 Å². The lowest BCUT2D eigenvalue weighted by Crippen LogP contribution is -2.27. The first-order valence-electron chi connectivity index (χ1n) is 9.78. The van der Waals surface area contributed by atoms with E-state index in [0.717, 1.165) is 5.56 Å². The Hall–Kier alpha value is -3.81. The Bertz CT molecular complexity index is 1250. The van der Waals surface area contributed by atoms with E-state index in [1.54, 1.807) is 24.0 Å². The van der Waals surface area contributed by atoms with Crippen LogP contribution in [0.1, 0.15) is 31.0 Å². The molecule has 0 saturated heterocycles. The van der Waals surface area contributed by atoms with E-state index in [1.165, 1.54) is 11.0 Å². The van der Waals surface area contributed by atoms with Gasteiger partial charge in [-0.15, -0.1) is 0 Å². The van der Waals surface area contributed by atoms with Crippen molar-refractivity contribution in [3.05, 3.63) is 82.8 Å². The molecule has 152 valence electrons. The van der Waals surface area contributed by atoms with Gasteiger partial charge in [0.15, 0.2) is 0 Å². The highest BCUT2D eigenvalue weighted by Crippen LogP contribution is 2.23. The molecule has 30 heavy (non-hydrogen) atoms. The lowest BCUT2D eigenvalue weighted by molar-refractivity contribution is -0.117. The molecular formula is C22H22N6O2. The van der Waals surface area contributed by atoms with Gasteiger partial charge >= 0.3 is 0 Å². The number of carbonyl (C=O) groups excluding carboxylic acids is 1. The Balaban J connectivity index is 1.60. The number of rotatable bonds is 6. The molecule has 0 unspecified atom stereocenters. The molecule has 2 aromatic heterocycles. The molecule has 2 aromatic carbocycles. The van der Waals surface area contributed by atoms with Gasteiger partial charge < -0.3 is 5.32 Å². The van der Waals surface area contributed by atoms with Crippen molar-refractivity contribution in [1.29, 1.82) is 0 Å². The molecule has 0 fully saturated rings. The number of amides is 1. The normalized spacial score (nSPS) is 12.1. The Labute approximate surface area is 173 Å². The Morgan fingerprint density at radius 1 is 1.13 bits per heavy atom. The second-order valence-electron chi connectivity index (χ2n) is 7.06. The molecular weight excluding hydrogens is 380 g/mol. The van der Waals surface area contributed by atoms with Crippen LogP contribution in [0.3, 0.4) is 0 Å². The van der Waals surface area contributed by atoms with E-state index in [2.05, 4.69) is 20.5 Å². The average Bonchev–Trinajstić information content (AvgIpc) is 3.27. The third kappa shape index (κ3) is 3.84. The number of nitrogens with one attached hydrogen (secondary N) is 1. The SMILES string of the molecule is CCn1nc([C@@H](C)C(=O)Nc2cccc(Cn3cncn3)c2)c2ccccc2c1=O. The predicted molar refractivity (Wildman–Crippen MR) is 114 cm³/mol. The Morgan fingerprint density at radius 2 is 1.93 bits per heavy atom. The van der Waals surface area contributed by atoms with E-state index in [-0.39, 0.29) is 11.5 Å². The Kier molecular flexibility index (Phi) is 5.38. The maximum absolute atomic E-state index is 13.0. The fourth-order valence-electron chi connectivity index (χ4n) is 3.42. The summed E-state index contributed by atoms with van der Waals surface area (Å²) in [6.45, 7) is 4.66. The van der Waals surface area contributed by atoms with Crippen molar-refractivity contribution in [2.45, 2.75) is 32.9 Å². The molecule has 2 heterocycles. The summed E-state index contributed by atoms with van der Waals surface area (Å²) in [7, 11) is 0. The molecule has 8 nitrogen and oxygen atoms in total. The molecule has 0 saturated carbocycles. The van der Waals surface area contributed by atoms with Crippen molar-refractivity contribution in [3.63, 3.8) is 0 Å². The van der Waals surface area contributed by atoms with Crippen LogP contribution in [-0.2, 0) is 17.9 Å². The molecule has 4 aromatic rings. The summed E-state index contributed by atoms with van der Waals surface area (Å²) in [6.07, 6.45) is 3.13. The van der Waals surface area contributed by atoms with Gasteiger partial charge in [0.1, 0.15) is 12.7 Å². The summed E-state index contributed by atoms with van der Waals surface area (Å²) >= 11 is 0. The maximum atomic E-state index is 13.0. The van der Waals surface area contributed by atoms with Crippen LogP contribution in [0.25, 0.3) is 10.8 Å². The van der Waals surface area contributed by atoms with Crippen molar-refractivity contribution < 1.29 is 4.79 Å². The third-order valence-electron chi connectivity index (χ3n) is 5.00. The zero-order valence-corrected chi connectivity index (χ0v) is 16.8. The number of fused-ring (bicyclic) bond motifs is 1. The molecule has 0 aliphatic carbocycles. The van der Waals surface area contributed by atoms with Crippen LogP contribution < -0.4 is 10.9 Å². The van der Waals surface area contributed by atoms with Crippen molar-refractivity contribution in [2.24, 2.45) is 0 Å². The van der Waals surface area contributed by atoms with Gasteiger partial charge in [-0.2, -0.15) is 10.2 Å². The van der Waals surface area contributed by atoms with E-state index in [9.17, 15) is 9.59 Å². The van der Waals surface area contributed by atoms with E-state index in [0.29, 0.717) is 35.2 Å². The molecule has 1 atom stereocenters. The predicted octanol–water partition coefficient (Wildman–Crippen LogP) is 2.80. The second-order valence-corrected chi connectivity index (χ2v) is 7.06. The zero-order valence-electron chi connectivity index (χ0n) is 16.8. The van der Waals surface area contributed by atoms with Crippen molar-refractivity contribution in [3.8, 4) is 0 Å². The lowest BCUT2D eigenvalue weighted by atomic mass is 10.0. The summed E-state index contributed by atoms with van der Waals surface area (Å²) in [6, 6.07) is 14.9. The van der Waals surface area contributed by atoms with Gasteiger partial charge in [-0.25, -0.2) is 14.3 Å². The number of carbonyl (C=O) groups is 1. The molecule has 8 heteroatoms. The van der Waals surface area contributed by atoms with Gasteiger partial charge in [0.05, 0.1) is 23.5 Å². The van der Waals surface area contributed by atoms with Crippen molar-refractivity contribution in [1.82, 2.24) is 24.5 Å². The third-order valence-corrected chi connectivity index (χ3v) is 5.00. The topological polar surface area (TPSA) is 94.7 Å². The molecule has 4 rings (SSSR count). The molecule has 0 aliphatic heterocycles. The first-order valence-corrected chi connectivity index (χ1v) is 9.78. The second kappa shape index (κ2) is 8.28. The first kappa shape index (κ1) is 19.5. The molecule has 0 spiro atoms.